The van der Waals surface area contributed by atoms with E-state index in [4.69, 9.17) is 16.3 Å². The molecular weight excluding hydrogens is 344 g/mol. The summed E-state index contributed by atoms with van der Waals surface area (Å²) in [6.07, 6.45) is 0. The molecule has 1 aromatic heterocycles. The molecule has 2 rings (SSSR count). The van der Waals surface area contributed by atoms with Crippen LogP contribution in [0.3, 0.4) is 0 Å². The molecule has 0 radical (unpaired) electrons. The molecule has 23 heavy (non-hydrogen) atoms. The number of carbonyl (C=O) groups is 2. The number of hydrogen-bond donors (Lipinski definition) is 1. The lowest BCUT2D eigenvalue weighted by Crippen LogP contribution is -2.20. The van der Waals surface area contributed by atoms with E-state index < -0.39 is 23.4 Å². The number of thiophene rings is 1. The third-order valence-corrected chi connectivity index (χ3v) is 4.04. The number of benzene rings is 1. The van der Waals surface area contributed by atoms with Crippen molar-refractivity contribution >= 4 is 45.5 Å². The number of anilines is 1. The molecule has 0 saturated heterocycles. The highest BCUT2D eigenvalue weighted by Gasteiger charge is 2.17. The lowest BCUT2D eigenvalue weighted by Gasteiger charge is -2.08. The maximum absolute atomic E-state index is 11.7. The average molecular weight is 355 g/mol. The molecule has 0 atom stereocenters. The second-order valence-corrected chi connectivity index (χ2v) is 5.97. The van der Waals surface area contributed by atoms with Gasteiger partial charge in [-0.1, -0.05) is 29.0 Å². The summed E-state index contributed by atoms with van der Waals surface area (Å²) >= 11 is 6.66. The van der Waals surface area contributed by atoms with E-state index in [-0.39, 0.29) is 9.88 Å². The van der Waals surface area contributed by atoms with Gasteiger partial charge in [-0.05, 0) is 30.7 Å². The van der Waals surface area contributed by atoms with Crippen LogP contribution in [-0.4, -0.2) is 23.4 Å². The Labute approximate surface area is 140 Å². The minimum atomic E-state index is -0.798. The van der Waals surface area contributed by atoms with Gasteiger partial charge in [0.15, 0.2) is 6.61 Å². The lowest BCUT2D eigenvalue weighted by molar-refractivity contribution is -0.380. The quantitative estimate of drug-likeness (QED) is 0.504. The van der Waals surface area contributed by atoms with Gasteiger partial charge in [0, 0.05) is 6.07 Å². The third-order valence-electron chi connectivity index (χ3n) is 2.71. The smallest absolute Gasteiger partial charge is 0.349 e. The van der Waals surface area contributed by atoms with Gasteiger partial charge < -0.3 is 10.1 Å². The maximum atomic E-state index is 11.7. The van der Waals surface area contributed by atoms with E-state index in [1.165, 1.54) is 12.1 Å². The van der Waals surface area contributed by atoms with Crippen molar-refractivity contribution in [2.24, 2.45) is 0 Å². The van der Waals surface area contributed by atoms with Crippen LogP contribution in [0.15, 0.2) is 30.3 Å². The number of halogens is 1. The zero-order valence-corrected chi connectivity index (χ0v) is 13.4. The van der Waals surface area contributed by atoms with Crippen LogP contribution in [-0.2, 0) is 9.53 Å². The summed E-state index contributed by atoms with van der Waals surface area (Å²) in [4.78, 5) is 33.5. The molecule has 0 saturated carbocycles. The number of amides is 1. The first kappa shape index (κ1) is 16.9. The SMILES string of the molecule is Cc1ccc(NC(=O)COC(=O)c2ccc([N+](=O)[O-])s2)c(Cl)c1. The van der Waals surface area contributed by atoms with E-state index in [9.17, 15) is 19.7 Å². The molecule has 0 unspecified atom stereocenters. The van der Waals surface area contributed by atoms with Crippen molar-refractivity contribution in [2.75, 3.05) is 11.9 Å². The summed E-state index contributed by atoms with van der Waals surface area (Å²) in [5.74, 6) is -1.36. The van der Waals surface area contributed by atoms with E-state index in [1.807, 2.05) is 6.92 Å². The van der Waals surface area contributed by atoms with E-state index in [1.54, 1.807) is 18.2 Å². The van der Waals surface area contributed by atoms with Crippen molar-refractivity contribution in [3.63, 3.8) is 0 Å². The first-order chi connectivity index (χ1) is 10.9. The van der Waals surface area contributed by atoms with Crippen molar-refractivity contribution in [1.29, 1.82) is 0 Å². The van der Waals surface area contributed by atoms with Crippen LogP contribution in [0.4, 0.5) is 10.7 Å². The largest absolute Gasteiger partial charge is 0.451 e. The van der Waals surface area contributed by atoms with E-state index in [0.717, 1.165) is 5.56 Å². The van der Waals surface area contributed by atoms with Crippen LogP contribution in [0.25, 0.3) is 0 Å². The van der Waals surface area contributed by atoms with Crippen molar-refractivity contribution in [2.45, 2.75) is 6.92 Å². The molecule has 1 amide bonds. The minimum absolute atomic E-state index is 0.0536. The molecule has 1 N–H and O–H groups in total. The monoisotopic (exact) mass is 354 g/mol. The predicted molar refractivity (Wildman–Crippen MR) is 86.1 cm³/mol. The van der Waals surface area contributed by atoms with Crippen LogP contribution in [0.1, 0.15) is 15.2 Å². The first-order valence-corrected chi connectivity index (χ1v) is 7.53. The number of carbonyl (C=O) groups excluding carboxylic acids is 2. The highest BCUT2D eigenvalue weighted by molar-refractivity contribution is 7.17. The van der Waals surface area contributed by atoms with Crippen molar-refractivity contribution in [1.82, 2.24) is 0 Å². The summed E-state index contributed by atoms with van der Waals surface area (Å²) < 4.78 is 4.81. The number of nitrogens with one attached hydrogen (secondary N) is 1. The number of aryl methyl sites for hydroxylation is 1. The molecule has 0 fully saturated rings. The van der Waals surface area contributed by atoms with Crippen LogP contribution in [0.5, 0.6) is 0 Å². The Bertz CT molecular complexity index is 774. The molecule has 0 bridgehead atoms. The zero-order valence-electron chi connectivity index (χ0n) is 11.9. The fraction of sp³-hybridized carbons (Fsp3) is 0.143. The van der Waals surface area contributed by atoms with E-state index in [0.29, 0.717) is 22.0 Å². The number of rotatable bonds is 5. The molecule has 9 heteroatoms. The highest BCUT2D eigenvalue weighted by Crippen LogP contribution is 2.25. The van der Waals surface area contributed by atoms with Crippen molar-refractivity contribution < 1.29 is 19.2 Å². The topological polar surface area (TPSA) is 98.5 Å². The molecule has 1 heterocycles. The number of ether oxygens (including phenoxy) is 1. The Morgan fingerprint density at radius 1 is 1.35 bits per heavy atom. The van der Waals surface area contributed by atoms with Gasteiger partial charge in [0.25, 0.3) is 5.91 Å². The Kier molecular flexibility index (Phi) is 5.30. The highest BCUT2D eigenvalue weighted by atomic mass is 35.5. The van der Waals surface area contributed by atoms with Crippen LogP contribution in [0.2, 0.25) is 5.02 Å². The normalized spacial score (nSPS) is 10.2. The second kappa shape index (κ2) is 7.21. The molecule has 2 aromatic rings. The fourth-order valence-corrected chi connectivity index (χ4v) is 2.64. The lowest BCUT2D eigenvalue weighted by atomic mass is 10.2. The fourth-order valence-electron chi connectivity index (χ4n) is 1.65. The maximum Gasteiger partial charge on any atom is 0.349 e. The number of nitro groups is 1. The molecule has 0 aliphatic carbocycles. The van der Waals surface area contributed by atoms with Gasteiger partial charge in [0.05, 0.1) is 15.6 Å². The van der Waals surface area contributed by atoms with Crippen molar-refractivity contribution in [3.05, 3.63) is 55.9 Å². The number of esters is 1. The van der Waals surface area contributed by atoms with Crippen molar-refractivity contribution in [3.8, 4) is 0 Å². The van der Waals surface area contributed by atoms with Gasteiger partial charge in [-0.25, -0.2) is 4.79 Å². The van der Waals surface area contributed by atoms with Gasteiger partial charge in [0.1, 0.15) is 4.88 Å². The van der Waals surface area contributed by atoms with E-state index in [2.05, 4.69) is 5.32 Å². The number of nitrogens with zero attached hydrogens (tertiary/aromatic N) is 1. The van der Waals surface area contributed by atoms with Gasteiger partial charge in [-0.3, -0.25) is 14.9 Å². The second-order valence-electron chi connectivity index (χ2n) is 4.50. The minimum Gasteiger partial charge on any atom is -0.451 e. The molecular formula is C14H11ClN2O5S. The summed E-state index contributed by atoms with van der Waals surface area (Å²) in [5, 5.41) is 13.3. The number of hydrogen-bond acceptors (Lipinski definition) is 6. The molecule has 120 valence electrons. The molecule has 0 spiro atoms. The molecule has 1 aromatic carbocycles. The Hall–Kier alpha value is -2.45. The van der Waals surface area contributed by atoms with Crippen LogP contribution >= 0.6 is 22.9 Å². The molecule has 0 aliphatic heterocycles. The zero-order chi connectivity index (χ0) is 17.0. The summed E-state index contributed by atoms with van der Waals surface area (Å²) in [5.41, 5.74) is 1.35. The van der Waals surface area contributed by atoms with Gasteiger partial charge in [-0.2, -0.15) is 0 Å². The third kappa shape index (κ3) is 4.51. The van der Waals surface area contributed by atoms with Gasteiger partial charge >= 0.3 is 11.0 Å². The average Bonchev–Trinajstić information content (AvgIpc) is 2.98. The summed E-state index contributed by atoms with van der Waals surface area (Å²) in [6, 6.07) is 7.58. The van der Waals surface area contributed by atoms with E-state index >= 15 is 0 Å². The van der Waals surface area contributed by atoms with Gasteiger partial charge in [-0.15, -0.1) is 0 Å². The molecule has 7 nitrogen and oxygen atoms in total. The summed E-state index contributed by atoms with van der Waals surface area (Å²) in [6.45, 7) is 1.34. The standard InChI is InChI=1S/C14H11ClN2O5S/c1-8-2-3-10(9(15)6-8)16-12(18)7-22-14(19)11-4-5-13(23-11)17(20)21/h2-6H,7H2,1H3,(H,16,18). The van der Waals surface area contributed by atoms with Gasteiger partial charge in [0.2, 0.25) is 0 Å². The van der Waals surface area contributed by atoms with Crippen LogP contribution < -0.4 is 5.32 Å². The van der Waals surface area contributed by atoms with Crippen LogP contribution in [0, 0.1) is 17.0 Å². The Morgan fingerprint density at radius 3 is 2.70 bits per heavy atom. The Morgan fingerprint density at radius 2 is 2.09 bits per heavy atom. The summed E-state index contributed by atoms with van der Waals surface area (Å²) in [7, 11) is 0. The Balaban J connectivity index is 1.90. The molecule has 0 aliphatic rings. The first-order valence-electron chi connectivity index (χ1n) is 6.34. The predicted octanol–water partition coefficient (Wildman–Crippen LogP) is 3.41.